The summed E-state index contributed by atoms with van der Waals surface area (Å²) in [7, 11) is 0. The van der Waals surface area contributed by atoms with Crippen LogP contribution in [0.4, 0.5) is 5.69 Å². The lowest BCUT2D eigenvalue weighted by atomic mass is 9.95. The summed E-state index contributed by atoms with van der Waals surface area (Å²) in [6.07, 6.45) is 6.05. The Hall–Kier alpha value is -2.62. The van der Waals surface area contributed by atoms with Crippen molar-refractivity contribution in [1.29, 1.82) is 0 Å². The first-order valence-corrected chi connectivity index (χ1v) is 8.95. The normalized spacial score (nSPS) is 14.7. The van der Waals surface area contributed by atoms with E-state index >= 15 is 0 Å². The fourth-order valence-electron chi connectivity index (χ4n) is 3.24. The molecule has 1 saturated carbocycles. The van der Waals surface area contributed by atoms with Crippen LogP contribution < -0.4 is 10.6 Å². The fraction of sp³-hybridized carbons (Fsp3) is 0.333. The van der Waals surface area contributed by atoms with E-state index in [9.17, 15) is 9.59 Å². The van der Waals surface area contributed by atoms with Crippen LogP contribution in [0.2, 0.25) is 0 Å². The van der Waals surface area contributed by atoms with Gasteiger partial charge in [0.25, 0.3) is 5.91 Å². The zero-order chi connectivity index (χ0) is 17.5. The van der Waals surface area contributed by atoms with Crippen LogP contribution >= 0.6 is 0 Å². The van der Waals surface area contributed by atoms with E-state index in [1.165, 1.54) is 19.3 Å². The zero-order valence-corrected chi connectivity index (χ0v) is 14.3. The SMILES string of the molecule is O=C(Cc1ccccc1)Nc1cccc(C(=O)NC2CCCCC2)c1. The van der Waals surface area contributed by atoms with Crippen LogP contribution in [0.25, 0.3) is 0 Å². The predicted octanol–water partition coefficient (Wildman–Crippen LogP) is 3.93. The van der Waals surface area contributed by atoms with Crippen molar-refractivity contribution in [2.24, 2.45) is 0 Å². The molecule has 0 aliphatic heterocycles. The largest absolute Gasteiger partial charge is 0.349 e. The van der Waals surface area contributed by atoms with E-state index in [0.717, 1.165) is 18.4 Å². The molecule has 0 spiro atoms. The van der Waals surface area contributed by atoms with Gasteiger partial charge in [-0.1, -0.05) is 55.7 Å². The van der Waals surface area contributed by atoms with Crippen LogP contribution in [0, 0.1) is 0 Å². The highest BCUT2D eigenvalue weighted by Gasteiger charge is 2.17. The lowest BCUT2D eigenvalue weighted by molar-refractivity contribution is -0.115. The number of amides is 2. The number of hydrogen-bond donors (Lipinski definition) is 2. The van der Waals surface area contributed by atoms with Gasteiger partial charge in [-0.25, -0.2) is 0 Å². The van der Waals surface area contributed by atoms with E-state index in [4.69, 9.17) is 0 Å². The van der Waals surface area contributed by atoms with Crippen molar-refractivity contribution in [3.8, 4) is 0 Å². The molecule has 4 heteroatoms. The molecular weight excluding hydrogens is 312 g/mol. The first kappa shape index (κ1) is 17.2. The predicted molar refractivity (Wildman–Crippen MR) is 99.6 cm³/mol. The van der Waals surface area contributed by atoms with E-state index in [1.54, 1.807) is 24.3 Å². The van der Waals surface area contributed by atoms with Crippen LogP contribution in [0.3, 0.4) is 0 Å². The molecule has 1 fully saturated rings. The molecule has 1 aliphatic rings. The second-order valence-electron chi connectivity index (χ2n) is 6.60. The van der Waals surface area contributed by atoms with Gasteiger partial charge < -0.3 is 10.6 Å². The molecule has 2 N–H and O–H groups in total. The molecule has 0 bridgehead atoms. The van der Waals surface area contributed by atoms with Gasteiger partial charge in [-0.15, -0.1) is 0 Å². The Morgan fingerprint density at radius 1 is 0.920 bits per heavy atom. The summed E-state index contributed by atoms with van der Waals surface area (Å²) < 4.78 is 0. The van der Waals surface area contributed by atoms with E-state index < -0.39 is 0 Å². The molecule has 0 atom stereocenters. The van der Waals surface area contributed by atoms with Gasteiger partial charge in [-0.3, -0.25) is 9.59 Å². The molecule has 2 aromatic rings. The summed E-state index contributed by atoms with van der Waals surface area (Å²) in [6.45, 7) is 0. The Balaban J connectivity index is 1.58. The maximum absolute atomic E-state index is 12.4. The second kappa shape index (κ2) is 8.47. The third-order valence-corrected chi connectivity index (χ3v) is 4.56. The van der Waals surface area contributed by atoms with Gasteiger partial charge in [0.05, 0.1) is 6.42 Å². The highest BCUT2D eigenvalue weighted by atomic mass is 16.2. The van der Waals surface area contributed by atoms with Crippen molar-refractivity contribution < 1.29 is 9.59 Å². The number of anilines is 1. The number of rotatable bonds is 5. The molecule has 0 heterocycles. The quantitative estimate of drug-likeness (QED) is 0.869. The molecule has 4 nitrogen and oxygen atoms in total. The number of benzene rings is 2. The highest BCUT2D eigenvalue weighted by Crippen LogP contribution is 2.18. The van der Waals surface area contributed by atoms with Crippen LogP contribution in [0.5, 0.6) is 0 Å². The molecule has 0 unspecified atom stereocenters. The highest BCUT2D eigenvalue weighted by molar-refractivity contribution is 5.97. The molecule has 2 amide bonds. The molecule has 1 aliphatic carbocycles. The number of carbonyl (C=O) groups is 2. The van der Waals surface area contributed by atoms with Crippen molar-refractivity contribution in [1.82, 2.24) is 5.32 Å². The summed E-state index contributed by atoms with van der Waals surface area (Å²) in [6, 6.07) is 17.0. The summed E-state index contributed by atoms with van der Waals surface area (Å²) >= 11 is 0. The lowest BCUT2D eigenvalue weighted by Crippen LogP contribution is -2.36. The van der Waals surface area contributed by atoms with Gasteiger partial charge in [-0.05, 0) is 36.6 Å². The van der Waals surface area contributed by atoms with Crippen molar-refractivity contribution in [3.05, 3.63) is 65.7 Å². The Bertz CT molecular complexity index is 722. The van der Waals surface area contributed by atoms with Gasteiger partial charge in [0.15, 0.2) is 0 Å². The first-order chi connectivity index (χ1) is 12.2. The Morgan fingerprint density at radius 3 is 2.44 bits per heavy atom. The third kappa shape index (κ3) is 5.18. The molecule has 2 aromatic carbocycles. The molecule has 25 heavy (non-hydrogen) atoms. The number of hydrogen-bond acceptors (Lipinski definition) is 2. The van der Waals surface area contributed by atoms with Crippen molar-refractivity contribution >= 4 is 17.5 Å². The van der Waals surface area contributed by atoms with Gasteiger partial charge in [0.1, 0.15) is 0 Å². The minimum absolute atomic E-state index is 0.0638. The van der Waals surface area contributed by atoms with E-state index in [2.05, 4.69) is 10.6 Å². The van der Waals surface area contributed by atoms with E-state index in [0.29, 0.717) is 17.7 Å². The van der Waals surface area contributed by atoms with E-state index in [-0.39, 0.29) is 17.9 Å². The van der Waals surface area contributed by atoms with Crippen LogP contribution in [-0.4, -0.2) is 17.9 Å². The maximum Gasteiger partial charge on any atom is 0.251 e. The van der Waals surface area contributed by atoms with Crippen molar-refractivity contribution in [2.75, 3.05) is 5.32 Å². The van der Waals surface area contributed by atoms with Gasteiger partial charge in [0, 0.05) is 17.3 Å². The van der Waals surface area contributed by atoms with Crippen LogP contribution in [0.15, 0.2) is 54.6 Å². The van der Waals surface area contributed by atoms with Crippen LogP contribution in [0.1, 0.15) is 48.0 Å². The molecule has 3 rings (SSSR count). The monoisotopic (exact) mass is 336 g/mol. The van der Waals surface area contributed by atoms with Gasteiger partial charge >= 0.3 is 0 Å². The Labute approximate surface area is 148 Å². The number of nitrogens with one attached hydrogen (secondary N) is 2. The van der Waals surface area contributed by atoms with Crippen molar-refractivity contribution in [3.63, 3.8) is 0 Å². The minimum Gasteiger partial charge on any atom is -0.349 e. The smallest absolute Gasteiger partial charge is 0.251 e. The summed E-state index contributed by atoms with van der Waals surface area (Å²) in [5.41, 5.74) is 2.20. The van der Waals surface area contributed by atoms with Gasteiger partial charge in [-0.2, -0.15) is 0 Å². The maximum atomic E-state index is 12.4. The summed E-state index contributed by atoms with van der Waals surface area (Å²) in [4.78, 5) is 24.6. The zero-order valence-electron chi connectivity index (χ0n) is 14.3. The molecule has 0 saturated heterocycles. The first-order valence-electron chi connectivity index (χ1n) is 8.95. The topological polar surface area (TPSA) is 58.2 Å². The third-order valence-electron chi connectivity index (χ3n) is 4.56. The number of carbonyl (C=O) groups excluding carboxylic acids is 2. The average Bonchev–Trinajstić information content (AvgIpc) is 2.63. The minimum atomic E-state index is -0.0870. The summed E-state index contributed by atoms with van der Waals surface area (Å²) in [5, 5.41) is 5.97. The molecule has 0 aromatic heterocycles. The summed E-state index contributed by atoms with van der Waals surface area (Å²) in [5.74, 6) is -0.151. The standard InChI is InChI=1S/C21H24N2O2/c24-20(14-16-8-3-1-4-9-16)22-19-13-7-10-17(15-19)21(25)23-18-11-5-2-6-12-18/h1,3-4,7-10,13,15,18H,2,5-6,11-12,14H2,(H,22,24)(H,23,25). The van der Waals surface area contributed by atoms with Crippen molar-refractivity contribution in [2.45, 2.75) is 44.6 Å². The Kier molecular flexibility index (Phi) is 5.83. The van der Waals surface area contributed by atoms with E-state index in [1.807, 2.05) is 30.3 Å². The average molecular weight is 336 g/mol. The molecular formula is C21H24N2O2. The molecule has 0 radical (unpaired) electrons. The second-order valence-corrected chi connectivity index (χ2v) is 6.60. The fourth-order valence-corrected chi connectivity index (χ4v) is 3.24. The molecule has 130 valence electrons. The lowest BCUT2D eigenvalue weighted by Gasteiger charge is -2.22. The van der Waals surface area contributed by atoms with Gasteiger partial charge in [0.2, 0.25) is 5.91 Å². The van der Waals surface area contributed by atoms with Crippen LogP contribution in [-0.2, 0) is 11.2 Å². The Morgan fingerprint density at radius 2 is 1.68 bits per heavy atom.